The fourth-order valence-electron chi connectivity index (χ4n) is 17.3. The first-order valence-electron chi connectivity index (χ1n) is 25.3. The van der Waals surface area contributed by atoms with Gasteiger partial charge in [0.25, 0.3) is 0 Å². The van der Waals surface area contributed by atoms with E-state index in [9.17, 15) is 25.2 Å². The van der Waals surface area contributed by atoms with Gasteiger partial charge in [-0.2, -0.15) is 0 Å². The number of ether oxygens (including phenoxy) is 2. The lowest BCUT2D eigenvalue weighted by Gasteiger charge is -2.67. The van der Waals surface area contributed by atoms with Crippen molar-refractivity contribution in [3.8, 4) is 0 Å². The maximum atomic E-state index is 14.8. The Labute approximate surface area is 362 Å². The molecule has 8 N–H and O–H groups in total. The standard InChI is InChI=1S/C51H84N2O7/c1-32-18-24-59-50(28-32,44-43(60-44)48(5,57)45(2,31-54)21-15-34-17-23-53-41(52)25-34)40-16-22-51(58)38-27-39(56)37-26-36(55)30-49(19-9-10-20-49)47(37,4)42(38)35(29-46(40,51)3)14-13-33-11-7-6-8-12-33/h27,32-37,40-44,53-55,57-58H,6-26,28-31,52H2,1-5H3/p+1/t32-,34?,35-,36+,37+,40+,41?,42+,43-,44+,45-,46+,47-,48-,50+,51-/m0/s1. The molecule has 9 rings (SSSR count). The molecule has 60 heavy (non-hydrogen) atoms. The van der Waals surface area contributed by atoms with Gasteiger partial charge in [-0.25, -0.2) is 0 Å². The Bertz CT molecular complexity index is 1620. The molecule has 3 saturated heterocycles. The van der Waals surface area contributed by atoms with E-state index in [0.29, 0.717) is 43.6 Å². The maximum absolute atomic E-state index is 14.8. The van der Waals surface area contributed by atoms with Gasteiger partial charge in [0, 0.05) is 29.8 Å². The fourth-order valence-corrected chi connectivity index (χ4v) is 17.3. The average molecular weight is 838 g/mol. The second-order valence-electron chi connectivity index (χ2n) is 24.2. The van der Waals surface area contributed by atoms with Crippen LogP contribution in [0, 0.1) is 63.1 Å². The van der Waals surface area contributed by atoms with Crippen LogP contribution in [-0.4, -0.2) is 87.2 Å². The van der Waals surface area contributed by atoms with Crippen molar-refractivity contribution >= 4 is 5.78 Å². The van der Waals surface area contributed by atoms with Gasteiger partial charge in [0.05, 0.1) is 30.5 Å². The molecule has 9 nitrogen and oxygen atoms in total. The summed E-state index contributed by atoms with van der Waals surface area (Å²) in [5, 5.41) is 51.3. The number of aliphatic hydroxyl groups excluding tert-OH is 2. The Hall–Kier alpha value is -0.910. The molecule has 9 aliphatic rings. The van der Waals surface area contributed by atoms with E-state index in [0.717, 1.165) is 102 Å². The van der Waals surface area contributed by atoms with E-state index in [1.54, 1.807) is 0 Å². The summed E-state index contributed by atoms with van der Waals surface area (Å²) in [4.78, 5) is 14.8. The summed E-state index contributed by atoms with van der Waals surface area (Å²) in [6, 6.07) is 0. The predicted octanol–water partition coefficient (Wildman–Crippen LogP) is 6.72. The molecule has 3 aliphatic heterocycles. The first-order chi connectivity index (χ1) is 28.5. The molecule has 8 fully saturated rings. The number of carbonyl (C=O) groups is 1. The van der Waals surface area contributed by atoms with E-state index in [4.69, 9.17) is 15.2 Å². The Morgan fingerprint density at radius 3 is 2.37 bits per heavy atom. The minimum Gasteiger partial charge on any atom is -0.396 e. The van der Waals surface area contributed by atoms with Gasteiger partial charge in [0.2, 0.25) is 0 Å². The molecule has 0 aromatic carbocycles. The van der Waals surface area contributed by atoms with E-state index in [-0.39, 0.29) is 53.2 Å². The van der Waals surface area contributed by atoms with Gasteiger partial charge in [0.1, 0.15) is 24.0 Å². The third-order valence-electron chi connectivity index (χ3n) is 21.1. The van der Waals surface area contributed by atoms with Gasteiger partial charge < -0.3 is 35.2 Å². The number of epoxide rings is 1. The molecule has 340 valence electrons. The van der Waals surface area contributed by atoms with Crippen molar-refractivity contribution in [2.24, 2.45) is 68.8 Å². The number of hydrogen-bond acceptors (Lipinski definition) is 8. The maximum Gasteiger partial charge on any atom is 0.159 e. The SMILES string of the molecule is C[C@H]1CCO[C@@]([C@@H]2O[C@@H]2[C@](C)(O)[C@](C)(CO)CCC2CC[NH2+]C(N)C2)([C@@H]2CC[C@]3(O)C4=CC(=O)[C@H]5C[C@@H](O)CC6(CCCC6)[C@]5(C)[C@@H]4[C@@H](CCC4CCCCC4)C[C@]23C)C1. The van der Waals surface area contributed by atoms with Crippen molar-refractivity contribution in [3.05, 3.63) is 11.6 Å². The van der Waals surface area contributed by atoms with Crippen LogP contribution in [0.1, 0.15) is 176 Å². The lowest BCUT2D eigenvalue weighted by atomic mass is 9.37. The molecular formula is C51H85N2O7+. The highest BCUT2D eigenvalue weighted by atomic mass is 16.6. The summed E-state index contributed by atoms with van der Waals surface area (Å²) in [5.74, 6) is 1.95. The second-order valence-corrected chi connectivity index (χ2v) is 24.2. The Balaban J connectivity index is 1.08. The lowest BCUT2D eigenvalue weighted by molar-refractivity contribution is -0.699. The Morgan fingerprint density at radius 2 is 1.67 bits per heavy atom. The summed E-state index contributed by atoms with van der Waals surface area (Å²) in [5.41, 5.74) is 2.45. The number of piperidine rings is 1. The number of aliphatic hydroxyl groups is 4. The zero-order valence-corrected chi connectivity index (χ0v) is 38.3. The molecule has 2 unspecified atom stereocenters. The van der Waals surface area contributed by atoms with Crippen molar-refractivity contribution in [1.29, 1.82) is 0 Å². The molecule has 0 aromatic rings. The predicted molar refractivity (Wildman–Crippen MR) is 232 cm³/mol. The molecule has 0 radical (unpaired) electrons. The number of carbonyl (C=O) groups excluding carboxylic acids is 1. The number of fused-ring (bicyclic) bond motifs is 6. The normalized spacial score (nSPS) is 48.7. The Kier molecular flexibility index (Phi) is 11.7. The van der Waals surface area contributed by atoms with Crippen molar-refractivity contribution in [1.82, 2.24) is 0 Å². The first kappa shape index (κ1) is 44.3. The van der Waals surface area contributed by atoms with E-state index < -0.39 is 39.8 Å². The van der Waals surface area contributed by atoms with Crippen molar-refractivity contribution in [2.75, 3.05) is 19.8 Å². The van der Waals surface area contributed by atoms with Crippen molar-refractivity contribution in [2.45, 2.75) is 217 Å². The smallest absolute Gasteiger partial charge is 0.159 e. The highest BCUT2D eigenvalue weighted by Gasteiger charge is 2.77. The quantitative estimate of drug-likeness (QED) is 0.125. The van der Waals surface area contributed by atoms with Crippen LogP contribution in [0.15, 0.2) is 11.6 Å². The lowest BCUT2D eigenvalue weighted by Crippen LogP contribution is -2.94. The number of hydrogen-bond donors (Lipinski definition) is 6. The second kappa shape index (κ2) is 15.9. The minimum atomic E-state index is -1.30. The molecule has 0 bridgehead atoms. The topological polar surface area (TPSA) is 162 Å². The Morgan fingerprint density at radius 1 is 0.917 bits per heavy atom. The van der Waals surface area contributed by atoms with Crippen LogP contribution in [-0.2, 0) is 14.3 Å². The first-order valence-corrected chi connectivity index (χ1v) is 25.3. The number of nitrogens with two attached hydrogens (primary N) is 2. The van der Waals surface area contributed by atoms with Crippen molar-refractivity contribution < 1.29 is 40.0 Å². The van der Waals surface area contributed by atoms with Crippen LogP contribution in [0.5, 0.6) is 0 Å². The molecule has 6 aliphatic carbocycles. The van der Waals surface area contributed by atoms with Crippen LogP contribution < -0.4 is 11.1 Å². The largest absolute Gasteiger partial charge is 0.396 e. The summed E-state index contributed by atoms with van der Waals surface area (Å²) in [6.07, 6.45) is 23.2. The van der Waals surface area contributed by atoms with Gasteiger partial charge in [-0.3, -0.25) is 10.5 Å². The zero-order chi connectivity index (χ0) is 42.5. The molecule has 1 spiro atoms. The molecule has 0 aromatic heterocycles. The number of rotatable bonds is 11. The van der Waals surface area contributed by atoms with E-state index in [2.05, 4.69) is 26.1 Å². The monoisotopic (exact) mass is 838 g/mol. The third-order valence-corrected chi connectivity index (χ3v) is 21.1. The summed E-state index contributed by atoms with van der Waals surface area (Å²) < 4.78 is 14.1. The van der Waals surface area contributed by atoms with Crippen LogP contribution in [0.2, 0.25) is 0 Å². The minimum absolute atomic E-state index is 0.0304. The van der Waals surface area contributed by atoms with Gasteiger partial charge in [-0.15, -0.1) is 0 Å². The van der Waals surface area contributed by atoms with Crippen molar-refractivity contribution in [3.63, 3.8) is 0 Å². The van der Waals surface area contributed by atoms with Crippen LogP contribution >= 0.6 is 0 Å². The summed E-state index contributed by atoms with van der Waals surface area (Å²) in [6.45, 7) is 12.6. The summed E-state index contributed by atoms with van der Waals surface area (Å²) >= 11 is 0. The summed E-state index contributed by atoms with van der Waals surface area (Å²) in [7, 11) is 0. The average Bonchev–Trinajstić information content (AvgIpc) is 3.84. The molecule has 16 atom stereocenters. The van der Waals surface area contributed by atoms with Gasteiger partial charge in [0.15, 0.2) is 5.78 Å². The van der Waals surface area contributed by atoms with Gasteiger partial charge in [-0.05, 0) is 148 Å². The third kappa shape index (κ3) is 6.75. The van der Waals surface area contributed by atoms with Crippen LogP contribution in [0.4, 0.5) is 0 Å². The molecule has 9 heteroatoms. The van der Waals surface area contributed by atoms with E-state index in [1.165, 1.54) is 38.5 Å². The van der Waals surface area contributed by atoms with Crippen LogP contribution in [0.3, 0.4) is 0 Å². The molecular weight excluding hydrogens is 753 g/mol. The fraction of sp³-hybridized carbons (Fsp3) is 0.941. The molecule has 0 amide bonds. The van der Waals surface area contributed by atoms with E-state index in [1.807, 2.05) is 19.9 Å². The molecule has 5 saturated carbocycles. The van der Waals surface area contributed by atoms with Gasteiger partial charge in [-0.1, -0.05) is 79.1 Å². The van der Waals surface area contributed by atoms with Gasteiger partial charge >= 0.3 is 0 Å². The highest BCUT2D eigenvalue weighted by Crippen LogP contribution is 2.76. The highest BCUT2D eigenvalue weighted by molar-refractivity contribution is 5.95. The number of allylic oxidation sites excluding steroid dienone is 1. The number of ketones is 1. The van der Waals surface area contributed by atoms with Crippen LogP contribution in [0.25, 0.3) is 0 Å². The zero-order valence-electron chi connectivity index (χ0n) is 38.3. The number of quaternary nitrogens is 1. The van der Waals surface area contributed by atoms with E-state index >= 15 is 0 Å². The molecule has 3 heterocycles.